The van der Waals surface area contributed by atoms with Gasteiger partial charge in [-0.3, -0.25) is 9.59 Å². The van der Waals surface area contributed by atoms with Crippen molar-refractivity contribution in [1.29, 1.82) is 0 Å². The van der Waals surface area contributed by atoms with Crippen LogP contribution in [0.5, 0.6) is 0 Å². The average Bonchev–Trinajstić information content (AvgIpc) is 3.08. The standard InChI is InChI=1S/C18H21NO2S/c1-2-19(13-12-15-7-4-3-5-8-15)18(21)11-10-16(20)17-9-6-14-22-17/h3-9,14H,2,10-13H2,1H3. The summed E-state index contributed by atoms with van der Waals surface area (Å²) in [4.78, 5) is 26.8. The number of Topliss-reactive ketones (excluding diaryl/α,β-unsaturated/α-hetero) is 1. The Hall–Kier alpha value is -1.94. The van der Waals surface area contributed by atoms with Gasteiger partial charge >= 0.3 is 0 Å². The van der Waals surface area contributed by atoms with Gasteiger partial charge in [-0.15, -0.1) is 11.3 Å². The molecule has 0 atom stereocenters. The Morgan fingerprint density at radius 1 is 1.05 bits per heavy atom. The molecule has 0 aliphatic heterocycles. The van der Waals surface area contributed by atoms with E-state index in [4.69, 9.17) is 0 Å². The van der Waals surface area contributed by atoms with E-state index < -0.39 is 0 Å². The second-order valence-corrected chi connectivity index (χ2v) is 6.06. The molecule has 0 radical (unpaired) electrons. The molecule has 0 saturated heterocycles. The fourth-order valence-electron chi connectivity index (χ4n) is 2.31. The predicted molar refractivity (Wildman–Crippen MR) is 90.3 cm³/mol. The Kier molecular flexibility index (Phi) is 6.34. The Morgan fingerprint density at radius 3 is 2.45 bits per heavy atom. The number of carbonyl (C=O) groups excluding carboxylic acids is 2. The van der Waals surface area contributed by atoms with E-state index in [1.54, 1.807) is 0 Å². The quantitative estimate of drug-likeness (QED) is 0.695. The summed E-state index contributed by atoms with van der Waals surface area (Å²) >= 11 is 1.43. The van der Waals surface area contributed by atoms with Gasteiger partial charge in [0.2, 0.25) is 5.91 Å². The maximum absolute atomic E-state index is 12.2. The first-order valence-electron chi connectivity index (χ1n) is 7.59. The molecule has 0 aliphatic rings. The number of thiophene rings is 1. The third-order valence-corrected chi connectivity index (χ3v) is 4.52. The number of hydrogen-bond donors (Lipinski definition) is 0. The van der Waals surface area contributed by atoms with Gasteiger partial charge in [0.15, 0.2) is 5.78 Å². The second-order valence-electron chi connectivity index (χ2n) is 5.11. The molecule has 4 heteroatoms. The van der Waals surface area contributed by atoms with Crippen molar-refractivity contribution in [2.45, 2.75) is 26.2 Å². The van der Waals surface area contributed by atoms with E-state index in [1.807, 2.05) is 47.5 Å². The first kappa shape index (κ1) is 16.4. The van der Waals surface area contributed by atoms with Gasteiger partial charge in [-0.25, -0.2) is 0 Å². The minimum Gasteiger partial charge on any atom is -0.343 e. The summed E-state index contributed by atoms with van der Waals surface area (Å²) in [6, 6.07) is 13.8. The fourth-order valence-corrected chi connectivity index (χ4v) is 3.00. The van der Waals surface area contributed by atoms with Gasteiger partial charge in [0, 0.05) is 25.9 Å². The fraction of sp³-hybridized carbons (Fsp3) is 0.333. The van der Waals surface area contributed by atoms with E-state index in [9.17, 15) is 9.59 Å². The van der Waals surface area contributed by atoms with Crippen LogP contribution in [0, 0.1) is 0 Å². The molecule has 0 fully saturated rings. The Morgan fingerprint density at radius 2 is 1.82 bits per heavy atom. The maximum Gasteiger partial charge on any atom is 0.223 e. The molecule has 116 valence electrons. The summed E-state index contributed by atoms with van der Waals surface area (Å²) in [6.07, 6.45) is 1.43. The Labute approximate surface area is 135 Å². The van der Waals surface area contributed by atoms with Crippen LogP contribution in [0.2, 0.25) is 0 Å². The number of carbonyl (C=O) groups is 2. The highest BCUT2D eigenvalue weighted by atomic mass is 32.1. The number of hydrogen-bond acceptors (Lipinski definition) is 3. The van der Waals surface area contributed by atoms with Gasteiger partial charge < -0.3 is 4.90 Å². The number of benzene rings is 1. The molecule has 22 heavy (non-hydrogen) atoms. The lowest BCUT2D eigenvalue weighted by Crippen LogP contribution is -2.32. The summed E-state index contributed by atoms with van der Waals surface area (Å²) in [5.74, 6) is 0.116. The molecule has 1 aromatic heterocycles. The molecule has 0 spiro atoms. The van der Waals surface area contributed by atoms with Gasteiger partial charge in [-0.2, -0.15) is 0 Å². The molecule has 0 aliphatic carbocycles. The minimum absolute atomic E-state index is 0.0578. The summed E-state index contributed by atoms with van der Waals surface area (Å²) in [7, 11) is 0. The largest absolute Gasteiger partial charge is 0.343 e. The smallest absolute Gasteiger partial charge is 0.223 e. The van der Waals surface area contributed by atoms with Gasteiger partial charge in [-0.05, 0) is 30.4 Å². The minimum atomic E-state index is 0.0578. The molecule has 2 rings (SSSR count). The average molecular weight is 315 g/mol. The van der Waals surface area contributed by atoms with Crippen LogP contribution < -0.4 is 0 Å². The molecule has 2 aromatic rings. The molecule has 1 amide bonds. The van der Waals surface area contributed by atoms with Crippen LogP contribution in [0.15, 0.2) is 47.8 Å². The van der Waals surface area contributed by atoms with Crippen LogP contribution in [0.3, 0.4) is 0 Å². The normalized spacial score (nSPS) is 10.4. The SMILES string of the molecule is CCN(CCc1ccccc1)C(=O)CCC(=O)c1cccs1. The predicted octanol–water partition coefficient (Wildman–Crippen LogP) is 3.80. The lowest BCUT2D eigenvalue weighted by Gasteiger charge is -2.20. The molecule has 0 bridgehead atoms. The van der Waals surface area contributed by atoms with Crippen molar-refractivity contribution in [3.05, 3.63) is 58.3 Å². The van der Waals surface area contributed by atoms with E-state index in [1.165, 1.54) is 16.9 Å². The molecular weight excluding hydrogens is 294 g/mol. The summed E-state index contributed by atoms with van der Waals surface area (Å²) in [5, 5.41) is 1.88. The van der Waals surface area contributed by atoms with Crippen molar-refractivity contribution in [2.75, 3.05) is 13.1 Å². The van der Waals surface area contributed by atoms with E-state index in [2.05, 4.69) is 12.1 Å². The number of ketones is 1. The lowest BCUT2D eigenvalue weighted by molar-refractivity contribution is -0.130. The van der Waals surface area contributed by atoms with E-state index in [0.29, 0.717) is 25.9 Å². The number of rotatable bonds is 8. The maximum atomic E-state index is 12.2. The monoisotopic (exact) mass is 315 g/mol. The van der Waals surface area contributed by atoms with Crippen LogP contribution in [0.1, 0.15) is 35.0 Å². The number of nitrogens with zero attached hydrogens (tertiary/aromatic N) is 1. The molecule has 0 N–H and O–H groups in total. The van der Waals surface area contributed by atoms with Crippen molar-refractivity contribution in [3.63, 3.8) is 0 Å². The lowest BCUT2D eigenvalue weighted by atomic mass is 10.1. The van der Waals surface area contributed by atoms with Crippen LogP contribution in [0.25, 0.3) is 0 Å². The second kappa shape index (κ2) is 8.49. The van der Waals surface area contributed by atoms with Gasteiger partial charge in [0.1, 0.15) is 0 Å². The zero-order valence-electron chi connectivity index (χ0n) is 12.8. The molecular formula is C18H21NO2S. The summed E-state index contributed by atoms with van der Waals surface area (Å²) in [5.41, 5.74) is 1.23. The zero-order chi connectivity index (χ0) is 15.8. The van der Waals surface area contributed by atoms with Crippen molar-refractivity contribution in [3.8, 4) is 0 Å². The van der Waals surface area contributed by atoms with Gasteiger partial charge in [0.05, 0.1) is 4.88 Å². The van der Waals surface area contributed by atoms with Crippen molar-refractivity contribution in [1.82, 2.24) is 4.90 Å². The third kappa shape index (κ3) is 4.81. The topological polar surface area (TPSA) is 37.4 Å². The van der Waals surface area contributed by atoms with E-state index in [0.717, 1.165) is 11.3 Å². The first-order valence-corrected chi connectivity index (χ1v) is 8.47. The van der Waals surface area contributed by atoms with E-state index >= 15 is 0 Å². The number of amides is 1. The molecule has 1 aromatic carbocycles. The molecule has 0 unspecified atom stereocenters. The summed E-state index contributed by atoms with van der Waals surface area (Å²) in [6.45, 7) is 3.36. The van der Waals surface area contributed by atoms with E-state index in [-0.39, 0.29) is 11.7 Å². The Balaban J connectivity index is 1.80. The molecule has 3 nitrogen and oxygen atoms in total. The number of likely N-dealkylation sites (N-methyl/N-ethyl adjacent to an activating group) is 1. The zero-order valence-corrected chi connectivity index (χ0v) is 13.6. The highest BCUT2D eigenvalue weighted by Crippen LogP contribution is 2.13. The Bertz CT molecular complexity index is 593. The summed E-state index contributed by atoms with van der Waals surface area (Å²) < 4.78 is 0. The van der Waals surface area contributed by atoms with Crippen LogP contribution in [-0.2, 0) is 11.2 Å². The van der Waals surface area contributed by atoms with Crippen LogP contribution in [-0.4, -0.2) is 29.7 Å². The first-order chi connectivity index (χ1) is 10.7. The van der Waals surface area contributed by atoms with Crippen molar-refractivity contribution >= 4 is 23.0 Å². The third-order valence-electron chi connectivity index (χ3n) is 3.61. The van der Waals surface area contributed by atoms with Crippen molar-refractivity contribution in [2.24, 2.45) is 0 Å². The molecule has 0 saturated carbocycles. The van der Waals surface area contributed by atoms with Crippen LogP contribution in [0.4, 0.5) is 0 Å². The van der Waals surface area contributed by atoms with Gasteiger partial charge in [-0.1, -0.05) is 36.4 Å². The highest BCUT2D eigenvalue weighted by Gasteiger charge is 2.14. The van der Waals surface area contributed by atoms with Crippen molar-refractivity contribution < 1.29 is 9.59 Å². The highest BCUT2D eigenvalue weighted by molar-refractivity contribution is 7.12. The van der Waals surface area contributed by atoms with Gasteiger partial charge in [0.25, 0.3) is 0 Å². The molecule has 1 heterocycles. The van der Waals surface area contributed by atoms with Crippen LogP contribution >= 0.6 is 11.3 Å².